The van der Waals surface area contributed by atoms with E-state index in [-0.39, 0.29) is 22.6 Å². The maximum atomic E-state index is 14.3. The van der Waals surface area contributed by atoms with E-state index in [1.165, 1.54) is 7.11 Å². The van der Waals surface area contributed by atoms with Gasteiger partial charge in [0.15, 0.2) is 17.0 Å². The molecule has 5 rings (SSSR count). The van der Waals surface area contributed by atoms with Gasteiger partial charge in [-0.2, -0.15) is 4.39 Å². The van der Waals surface area contributed by atoms with E-state index in [1.54, 1.807) is 30.6 Å². The molecule has 3 heterocycles. The second kappa shape index (κ2) is 6.02. The van der Waals surface area contributed by atoms with Gasteiger partial charge in [0, 0.05) is 30.7 Å². The Balaban J connectivity index is 1.65. The number of methoxy groups -OCH3 is 1. The first-order valence-corrected chi connectivity index (χ1v) is 9.27. The first kappa shape index (κ1) is 17.2. The number of anilines is 1. The van der Waals surface area contributed by atoms with Gasteiger partial charge in [-0.3, -0.25) is 9.78 Å². The van der Waals surface area contributed by atoms with Crippen LogP contribution in [-0.4, -0.2) is 23.6 Å². The van der Waals surface area contributed by atoms with Crippen LogP contribution >= 0.6 is 0 Å². The average Bonchev–Trinajstić information content (AvgIpc) is 3.34. The van der Waals surface area contributed by atoms with E-state index >= 15 is 0 Å². The first-order valence-electron chi connectivity index (χ1n) is 9.27. The predicted molar refractivity (Wildman–Crippen MR) is 102 cm³/mol. The van der Waals surface area contributed by atoms with Gasteiger partial charge >= 0.3 is 0 Å². The molecule has 28 heavy (non-hydrogen) atoms. The number of hydrogen-bond acceptors (Lipinski definition) is 4. The summed E-state index contributed by atoms with van der Waals surface area (Å²) in [5.74, 6) is -2.03. The van der Waals surface area contributed by atoms with Crippen molar-refractivity contribution in [1.29, 1.82) is 0 Å². The van der Waals surface area contributed by atoms with Crippen LogP contribution in [0.1, 0.15) is 31.0 Å². The van der Waals surface area contributed by atoms with Gasteiger partial charge in [-0.25, -0.2) is 4.39 Å². The van der Waals surface area contributed by atoms with Crippen molar-refractivity contribution in [2.75, 3.05) is 18.6 Å². The number of ether oxygens (including phenoxy) is 1. The van der Waals surface area contributed by atoms with Crippen molar-refractivity contribution >= 4 is 16.6 Å². The normalized spacial score (nSPS) is 20.1. The third-order valence-electron chi connectivity index (χ3n) is 6.02. The van der Waals surface area contributed by atoms with Crippen LogP contribution in [-0.2, 0) is 0 Å². The van der Waals surface area contributed by atoms with Crippen molar-refractivity contribution in [2.24, 2.45) is 5.41 Å². The van der Waals surface area contributed by atoms with Crippen molar-refractivity contribution < 1.29 is 13.5 Å². The van der Waals surface area contributed by atoms with E-state index in [0.717, 1.165) is 37.6 Å². The number of nitrogens with zero attached hydrogens (tertiary/aromatic N) is 2. The lowest BCUT2D eigenvalue weighted by atomic mass is 10.0. The van der Waals surface area contributed by atoms with Crippen LogP contribution < -0.4 is 15.1 Å². The number of rotatable bonds is 3. The Kier molecular flexibility index (Phi) is 3.69. The van der Waals surface area contributed by atoms with E-state index in [4.69, 9.17) is 4.74 Å². The lowest BCUT2D eigenvalue weighted by molar-refractivity contribution is 0.371. The summed E-state index contributed by atoms with van der Waals surface area (Å²) in [6, 6.07) is 5.89. The molecule has 0 bridgehead atoms. The maximum absolute atomic E-state index is 14.3. The van der Waals surface area contributed by atoms with E-state index in [9.17, 15) is 13.6 Å². The molecule has 0 radical (unpaired) electrons. The van der Waals surface area contributed by atoms with Crippen molar-refractivity contribution in [3.05, 3.63) is 64.2 Å². The first-order chi connectivity index (χ1) is 13.5. The summed E-state index contributed by atoms with van der Waals surface area (Å²) < 4.78 is 33.3. The highest BCUT2D eigenvalue weighted by Crippen LogP contribution is 2.60. The van der Waals surface area contributed by atoms with Gasteiger partial charge in [-0.1, -0.05) is 0 Å². The highest BCUT2D eigenvalue weighted by molar-refractivity contribution is 5.77. The van der Waals surface area contributed by atoms with E-state index in [1.807, 2.05) is 4.90 Å². The van der Waals surface area contributed by atoms with Crippen LogP contribution in [0.2, 0.25) is 0 Å². The highest BCUT2D eigenvalue weighted by Gasteiger charge is 2.53. The predicted octanol–water partition coefficient (Wildman–Crippen LogP) is 3.94. The number of nitrogens with one attached hydrogen (secondary N) is 1. The zero-order valence-corrected chi connectivity index (χ0v) is 15.3. The summed E-state index contributed by atoms with van der Waals surface area (Å²) in [5.41, 5.74) is 2.03. The van der Waals surface area contributed by atoms with Crippen molar-refractivity contribution in [3.63, 3.8) is 0 Å². The van der Waals surface area contributed by atoms with Gasteiger partial charge in [-0.15, -0.1) is 0 Å². The minimum Gasteiger partial charge on any atom is -0.491 e. The molecule has 1 aromatic carbocycles. The third-order valence-corrected chi connectivity index (χ3v) is 6.02. The van der Waals surface area contributed by atoms with E-state index in [2.05, 4.69) is 9.97 Å². The largest absolute Gasteiger partial charge is 0.491 e. The van der Waals surface area contributed by atoms with E-state index in [0.29, 0.717) is 16.6 Å². The lowest BCUT2D eigenvalue weighted by Gasteiger charge is -2.28. The number of pyridine rings is 2. The molecule has 1 saturated heterocycles. The maximum Gasteiger partial charge on any atom is 0.202 e. The molecule has 1 aliphatic heterocycles. The smallest absolute Gasteiger partial charge is 0.202 e. The van der Waals surface area contributed by atoms with Gasteiger partial charge in [0.05, 0.1) is 29.7 Å². The lowest BCUT2D eigenvalue weighted by Crippen LogP contribution is -2.26. The molecular weight excluding hydrogens is 364 g/mol. The zero-order valence-electron chi connectivity index (χ0n) is 15.3. The van der Waals surface area contributed by atoms with Crippen LogP contribution in [0.25, 0.3) is 10.9 Å². The fourth-order valence-electron chi connectivity index (χ4n) is 4.36. The van der Waals surface area contributed by atoms with Crippen molar-refractivity contribution in [3.8, 4) is 5.75 Å². The van der Waals surface area contributed by atoms with Gasteiger partial charge < -0.3 is 14.6 Å². The molecule has 144 valence electrons. The van der Waals surface area contributed by atoms with Crippen molar-refractivity contribution in [1.82, 2.24) is 9.97 Å². The van der Waals surface area contributed by atoms with E-state index < -0.39 is 11.6 Å². The summed E-state index contributed by atoms with van der Waals surface area (Å²) in [6.45, 7) is 0.718. The molecule has 1 saturated carbocycles. The van der Waals surface area contributed by atoms with Crippen molar-refractivity contribution in [2.45, 2.75) is 25.3 Å². The number of fused-ring (bicyclic) bond motifs is 1. The van der Waals surface area contributed by atoms with Gasteiger partial charge in [0.1, 0.15) is 0 Å². The molecule has 0 unspecified atom stereocenters. The second-order valence-corrected chi connectivity index (χ2v) is 7.77. The second-order valence-electron chi connectivity index (χ2n) is 7.77. The molecular formula is C21H19F2N3O2. The topological polar surface area (TPSA) is 58.2 Å². The molecule has 2 aliphatic rings. The van der Waals surface area contributed by atoms with Crippen LogP contribution in [0.15, 0.2) is 41.5 Å². The highest BCUT2D eigenvalue weighted by atomic mass is 19.2. The minimum absolute atomic E-state index is 0.102. The van der Waals surface area contributed by atoms with Crippen LogP contribution in [0.3, 0.4) is 0 Å². The SMILES string of the molecule is COc1c(N2CC3(CC3)C[C@H]2c2cc(=O)c3cnccc3[nH]2)ccc(F)c1F. The summed E-state index contributed by atoms with van der Waals surface area (Å²) in [6.07, 6.45) is 6.21. The minimum atomic E-state index is -0.992. The number of hydrogen-bond donors (Lipinski definition) is 1. The Bertz CT molecular complexity index is 1140. The zero-order chi connectivity index (χ0) is 19.5. The Morgan fingerprint density at radius 2 is 2.11 bits per heavy atom. The molecule has 1 N–H and O–H groups in total. The average molecular weight is 383 g/mol. The fourth-order valence-corrected chi connectivity index (χ4v) is 4.36. The molecule has 3 aromatic rings. The standard InChI is InChI=1S/C21H19F2N3O2/c1-28-20-16(3-2-13(22)19(20)23)26-11-21(5-6-21)9-17(26)15-8-18(27)12-10-24-7-4-14(12)25-15/h2-4,7-8,10,17H,5-6,9,11H2,1H3,(H,25,27)/t17-/m0/s1. The van der Waals surface area contributed by atoms with Crippen LogP contribution in [0, 0.1) is 17.0 Å². The summed E-state index contributed by atoms with van der Waals surface area (Å²) in [4.78, 5) is 22.0. The summed E-state index contributed by atoms with van der Waals surface area (Å²) in [7, 11) is 1.34. The number of aromatic nitrogens is 2. The third kappa shape index (κ3) is 2.57. The monoisotopic (exact) mass is 383 g/mol. The fraction of sp³-hybridized carbons (Fsp3) is 0.333. The van der Waals surface area contributed by atoms with Gasteiger partial charge in [-0.05, 0) is 42.9 Å². The Morgan fingerprint density at radius 1 is 1.29 bits per heavy atom. The molecule has 0 amide bonds. The van der Waals surface area contributed by atoms with Crippen LogP contribution in [0.4, 0.5) is 14.5 Å². The number of H-pyrrole nitrogens is 1. The quantitative estimate of drug-likeness (QED) is 0.744. The number of benzene rings is 1. The molecule has 1 spiro atoms. The molecule has 2 aromatic heterocycles. The number of aromatic amines is 1. The Hall–Kier alpha value is -2.96. The summed E-state index contributed by atoms with van der Waals surface area (Å²) in [5, 5.41) is 0.530. The number of halogens is 2. The molecule has 2 fully saturated rings. The van der Waals surface area contributed by atoms with Gasteiger partial charge in [0.25, 0.3) is 0 Å². The Labute approximate surface area is 160 Å². The molecule has 1 atom stereocenters. The summed E-state index contributed by atoms with van der Waals surface area (Å²) >= 11 is 0. The molecule has 7 heteroatoms. The van der Waals surface area contributed by atoms with Gasteiger partial charge in [0.2, 0.25) is 5.82 Å². The molecule has 5 nitrogen and oxygen atoms in total. The van der Waals surface area contributed by atoms with Crippen LogP contribution in [0.5, 0.6) is 5.75 Å². The molecule has 1 aliphatic carbocycles. The Morgan fingerprint density at radius 3 is 2.86 bits per heavy atom.